The van der Waals surface area contributed by atoms with E-state index in [0.717, 1.165) is 12.0 Å². The van der Waals surface area contributed by atoms with Crippen molar-refractivity contribution in [1.82, 2.24) is 10.6 Å². The summed E-state index contributed by atoms with van der Waals surface area (Å²) in [6, 6.07) is 10.3. The summed E-state index contributed by atoms with van der Waals surface area (Å²) < 4.78 is 12.1. The third-order valence-corrected chi connectivity index (χ3v) is 6.29. The molecule has 4 nitrogen and oxygen atoms in total. The molecule has 134 valence electrons. The first-order valence-corrected chi connectivity index (χ1v) is 10.1. The van der Waals surface area contributed by atoms with Crippen LogP contribution in [-0.2, 0) is 21.3 Å². The molecule has 2 fully saturated rings. The van der Waals surface area contributed by atoms with Gasteiger partial charge in [-0.05, 0) is 30.7 Å². The number of carbonyl (C=O) groups is 1. The summed E-state index contributed by atoms with van der Waals surface area (Å²) >= 11 is 0. The van der Waals surface area contributed by atoms with Gasteiger partial charge in [-0.1, -0.05) is 43.2 Å². The Morgan fingerprint density at radius 3 is 2.71 bits per heavy atom. The number of fused-ring (bicyclic) bond motifs is 1. The minimum absolute atomic E-state index is 0. The molecule has 6 heteroatoms. The third kappa shape index (κ3) is 5.30. The lowest BCUT2D eigenvalue weighted by Crippen LogP contribution is -2.44. The van der Waals surface area contributed by atoms with Gasteiger partial charge in [0, 0.05) is 34.9 Å². The lowest BCUT2D eigenvalue weighted by Gasteiger charge is -2.24. The highest BCUT2D eigenvalue weighted by Crippen LogP contribution is 2.33. The summed E-state index contributed by atoms with van der Waals surface area (Å²) in [6.07, 6.45) is 6.00. The molecule has 1 saturated heterocycles. The van der Waals surface area contributed by atoms with Gasteiger partial charge in [-0.25, -0.2) is 0 Å². The molecule has 3 rings (SSSR count). The van der Waals surface area contributed by atoms with Crippen LogP contribution in [0.4, 0.5) is 0 Å². The zero-order valence-corrected chi connectivity index (χ0v) is 15.5. The molecule has 0 bridgehead atoms. The van der Waals surface area contributed by atoms with E-state index in [2.05, 4.69) is 10.6 Å². The van der Waals surface area contributed by atoms with Crippen molar-refractivity contribution in [2.45, 2.75) is 49.9 Å². The van der Waals surface area contributed by atoms with Crippen molar-refractivity contribution in [3.63, 3.8) is 0 Å². The maximum atomic E-state index is 12.3. The van der Waals surface area contributed by atoms with Crippen molar-refractivity contribution >= 4 is 29.1 Å². The van der Waals surface area contributed by atoms with Crippen LogP contribution in [0.5, 0.6) is 0 Å². The van der Waals surface area contributed by atoms with Crippen LogP contribution in [-0.4, -0.2) is 34.5 Å². The van der Waals surface area contributed by atoms with E-state index in [-0.39, 0.29) is 24.4 Å². The molecular formula is C18H27ClN2O2S. The van der Waals surface area contributed by atoms with Crippen LogP contribution in [0.1, 0.15) is 37.7 Å². The van der Waals surface area contributed by atoms with Gasteiger partial charge in [0.1, 0.15) is 0 Å². The van der Waals surface area contributed by atoms with Crippen molar-refractivity contribution in [3.8, 4) is 0 Å². The smallest absolute Gasteiger partial charge is 0.237 e. The molecule has 24 heavy (non-hydrogen) atoms. The number of nitrogens with one attached hydrogen (secondary N) is 2. The van der Waals surface area contributed by atoms with Crippen LogP contribution in [0.2, 0.25) is 0 Å². The summed E-state index contributed by atoms with van der Waals surface area (Å²) in [5.41, 5.74) is 1.08. The molecule has 1 heterocycles. The van der Waals surface area contributed by atoms with E-state index in [1.807, 2.05) is 30.3 Å². The van der Waals surface area contributed by atoms with Crippen LogP contribution in [0.15, 0.2) is 30.3 Å². The quantitative estimate of drug-likeness (QED) is 0.808. The highest BCUT2D eigenvalue weighted by atomic mass is 35.5. The Kier molecular flexibility index (Phi) is 7.72. The van der Waals surface area contributed by atoms with Gasteiger partial charge in [-0.15, -0.1) is 12.4 Å². The van der Waals surface area contributed by atoms with Gasteiger partial charge in [0.25, 0.3) is 0 Å². The molecule has 1 aromatic carbocycles. The summed E-state index contributed by atoms with van der Waals surface area (Å²) in [6.45, 7) is 0.492. The Balaban J connectivity index is 0.00000208. The topological polar surface area (TPSA) is 58.2 Å². The van der Waals surface area contributed by atoms with Crippen LogP contribution in [0.25, 0.3) is 0 Å². The summed E-state index contributed by atoms with van der Waals surface area (Å²) in [4.78, 5) is 12.3. The Morgan fingerprint density at radius 1 is 1.21 bits per heavy atom. The second-order valence-electron chi connectivity index (χ2n) is 6.67. The van der Waals surface area contributed by atoms with Crippen molar-refractivity contribution < 1.29 is 9.00 Å². The molecule has 2 N–H and O–H groups in total. The lowest BCUT2D eigenvalue weighted by atomic mass is 9.85. The van der Waals surface area contributed by atoms with Crippen LogP contribution < -0.4 is 10.6 Å². The standard InChI is InChI=1S/C18H26N2O2S.ClH/c21-18(17-12-15-8-4-5-9-16(15)20-17)19-10-11-23(22)13-14-6-2-1-3-7-14;/h1-3,6-7,15-17,20H,4-5,8-13H2,(H,19,21);1H. The Bertz CT molecular complexity index is 541. The average molecular weight is 371 g/mol. The zero-order chi connectivity index (χ0) is 16.1. The average Bonchev–Trinajstić information content (AvgIpc) is 3.00. The van der Waals surface area contributed by atoms with Gasteiger partial charge >= 0.3 is 0 Å². The van der Waals surface area contributed by atoms with Gasteiger partial charge in [-0.2, -0.15) is 0 Å². The molecule has 2 aliphatic rings. The van der Waals surface area contributed by atoms with E-state index in [1.165, 1.54) is 25.7 Å². The second kappa shape index (κ2) is 9.54. The Labute approximate surface area is 153 Å². The minimum Gasteiger partial charge on any atom is -0.354 e. The van der Waals surface area contributed by atoms with E-state index < -0.39 is 10.8 Å². The van der Waals surface area contributed by atoms with E-state index in [1.54, 1.807) is 0 Å². The van der Waals surface area contributed by atoms with Gasteiger partial charge < -0.3 is 10.6 Å². The highest BCUT2D eigenvalue weighted by Gasteiger charge is 2.37. The molecule has 0 radical (unpaired) electrons. The van der Waals surface area contributed by atoms with E-state index >= 15 is 0 Å². The normalized spacial score (nSPS) is 26.9. The van der Waals surface area contributed by atoms with E-state index in [4.69, 9.17) is 0 Å². The molecule has 1 amide bonds. The highest BCUT2D eigenvalue weighted by molar-refractivity contribution is 7.84. The maximum Gasteiger partial charge on any atom is 0.237 e. The SMILES string of the molecule is Cl.O=C(NCCS(=O)Cc1ccccc1)C1CC2CCCCC2N1. The fraction of sp³-hybridized carbons (Fsp3) is 0.611. The molecule has 4 unspecified atom stereocenters. The summed E-state index contributed by atoms with van der Waals surface area (Å²) in [7, 11) is -0.931. The van der Waals surface area contributed by atoms with Gasteiger partial charge in [0.05, 0.1) is 6.04 Å². The van der Waals surface area contributed by atoms with Crippen LogP contribution in [0.3, 0.4) is 0 Å². The number of benzene rings is 1. The van der Waals surface area contributed by atoms with Gasteiger partial charge in [0.2, 0.25) is 5.91 Å². The fourth-order valence-electron chi connectivity index (χ4n) is 3.76. The lowest BCUT2D eigenvalue weighted by molar-refractivity contribution is -0.122. The van der Waals surface area contributed by atoms with Crippen LogP contribution >= 0.6 is 12.4 Å². The predicted octanol–water partition coefficient (Wildman–Crippen LogP) is 2.39. The predicted molar refractivity (Wildman–Crippen MR) is 101 cm³/mol. The van der Waals surface area contributed by atoms with Gasteiger partial charge in [-0.3, -0.25) is 9.00 Å². The number of rotatable bonds is 6. The summed E-state index contributed by atoms with van der Waals surface area (Å²) in [5.74, 6) is 1.82. The van der Waals surface area contributed by atoms with Gasteiger partial charge in [0.15, 0.2) is 0 Å². The van der Waals surface area contributed by atoms with Crippen molar-refractivity contribution in [3.05, 3.63) is 35.9 Å². The molecule has 1 saturated carbocycles. The largest absolute Gasteiger partial charge is 0.354 e. The molecular weight excluding hydrogens is 344 g/mol. The molecule has 1 aliphatic carbocycles. The number of hydrogen-bond donors (Lipinski definition) is 2. The minimum atomic E-state index is -0.931. The van der Waals surface area contributed by atoms with Crippen LogP contribution in [0, 0.1) is 5.92 Å². The first-order valence-electron chi connectivity index (χ1n) is 8.65. The number of hydrogen-bond acceptors (Lipinski definition) is 3. The van der Waals surface area contributed by atoms with E-state index in [0.29, 0.717) is 30.0 Å². The first kappa shape index (κ1) is 19.4. The third-order valence-electron chi connectivity index (χ3n) is 4.98. The van der Waals surface area contributed by atoms with Crippen molar-refractivity contribution in [2.75, 3.05) is 12.3 Å². The number of carbonyl (C=O) groups excluding carboxylic acids is 1. The molecule has 4 atom stereocenters. The molecule has 1 aromatic rings. The second-order valence-corrected chi connectivity index (χ2v) is 8.25. The maximum absolute atomic E-state index is 12.3. The molecule has 1 aliphatic heterocycles. The first-order chi connectivity index (χ1) is 11.2. The number of halogens is 1. The molecule has 0 spiro atoms. The van der Waals surface area contributed by atoms with Crippen molar-refractivity contribution in [2.24, 2.45) is 5.92 Å². The summed E-state index contributed by atoms with van der Waals surface area (Å²) in [5, 5.41) is 6.44. The molecule has 0 aromatic heterocycles. The fourth-order valence-corrected chi connectivity index (χ4v) is 4.80. The number of amides is 1. The van der Waals surface area contributed by atoms with E-state index in [9.17, 15) is 9.00 Å². The Hall–Kier alpha value is -0.910. The monoisotopic (exact) mass is 370 g/mol. The van der Waals surface area contributed by atoms with Crippen molar-refractivity contribution in [1.29, 1.82) is 0 Å². The Morgan fingerprint density at radius 2 is 1.96 bits per heavy atom. The zero-order valence-electron chi connectivity index (χ0n) is 13.9.